The lowest BCUT2D eigenvalue weighted by molar-refractivity contribution is 0.249. The lowest BCUT2D eigenvalue weighted by Crippen LogP contribution is -2.32. The van der Waals surface area contributed by atoms with Gasteiger partial charge in [0.2, 0.25) is 0 Å². The number of carbonyl (C=O) groups excluding carboxylic acids is 1. The number of primary amides is 1. The van der Waals surface area contributed by atoms with Gasteiger partial charge in [-0.15, -0.1) is 0 Å². The van der Waals surface area contributed by atoms with Crippen LogP contribution in [0.4, 0.5) is 4.79 Å². The summed E-state index contributed by atoms with van der Waals surface area (Å²) in [6, 6.07) is -0.814. The van der Waals surface area contributed by atoms with Gasteiger partial charge >= 0.3 is 11.7 Å². The van der Waals surface area contributed by atoms with E-state index in [0.717, 1.165) is 4.57 Å². The van der Waals surface area contributed by atoms with Crippen molar-refractivity contribution in [3.05, 3.63) is 28.4 Å². The molecule has 0 radical (unpaired) electrons. The molecule has 0 unspecified atom stereocenters. The molecule has 1 amide bonds. The van der Waals surface area contributed by atoms with E-state index in [1.54, 1.807) is 6.92 Å². The van der Waals surface area contributed by atoms with Crippen molar-refractivity contribution < 1.29 is 4.79 Å². The fourth-order valence-electron chi connectivity index (χ4n) is 0.669. The van der Waals surface area contributed by atoms with Gasteiger partial charge in [-0.3, -0.25) is 0 Å². The van der Waals surface area contributed by atoms with Crippen molar-refractivity contribution in [1.29, 1.82) is 0 Å². The summed E-state index contributed by atoms with van der Waals surface area (Å²) >= 11 is 0. The summed E-state index contributed by atoms with van der Waals surface area (Å²) in [6.07, 6.45) is 2.72. The first-order valence-corrected chi connectivity index (χ1v) is 2.96. The van der Waals surface area contributed by atoms with Crippen LogP contribution < -0.4 is 11.4 Å². The normalized spacial score (nSPS) is 9.55. The second-order valence-electron chi connectivity index (χ2n) is 2.12. The highest BCUT2D eigenvalue weighted by atomic mass is 16.2. The van der Waals surface area contributed by atoms with Crippen molar-refractivity contribution in [2.24, 2.45) is 5.73 Å². The molecule has 11 heavy (non-hydrogen) atoms. The summed E-state index contributed by atoms with van der Waals surface area (Å²) in [4.78, 5) is 24.7. The molecule has 1 rings (SSSR count). The van der Waals surface area contributed by atoms with E-state index in [0.29, 0.717) is 5.56 Å². The van der Waals surface area contributed by atoms with Crippen molar-refractivity contribution in [3.8, 4) is 0 Å². The number of nitrogens with two attached hydrogens (primary N) is 1. The summed E-state index contributed by atoms with van der Waals surface area (Å²) in [6.45, 7) is 1.71. The highest BCUT2D eigenvalue weighted by molar-refractivity contribution is 5.74. The topological polar surface area (TPSA) is 78.0 Å². The SMILES string of the molecule is Cc1cnc(=O)n(C(N)=O)c1. The van der Waals surface area contributed by atoms with Crippen LogP contribution in [0.2, 0.25) is 0 Å². The molecule has 0 bridgehead atoms. The molecule has 5 heteroatoms. The molecule has 0 spiro atoms. The smallest absolute Gasteiger partial charge is 0.351 e. The molecule has 58 valence electrons. The number of hydrogen-bond acceptors (Lipinski definition) is 3. The summed E-state index contributed by atoms with van der Waals surface area (Å²) in [5, 5.41) is 0. The number of nitrogens with zero attached hydrogens (tertiary/aromatic N) is 2. The molecular formula is C6H7N3O2. The zero-order chi connectivity index (χ0) is 8.43. The average molecular weight is 153 g/mol. The molecule has 1 heterocycles. The van der Waals surface area contributed by atoms with Crippen molar-refractivity contribution in [2.75, 3.05) is 0 Å². The van der Waals surface area contributed by atoms with Crippen LogP contribution in [0, 0.1) is 6.92 Å². The molecule has 1 aromatic heterocycles. The molecular weight excluding hydrogens is 146 g/mol. The Hall–Kier alpha value is -1.65. The van der Waals surface area contributed by atoms with E-state index in [9.17, 15) is 9.59 Å². The van der Waals surface area contributed by atoms with E-state index in [1.165, 1.54) is 12.4 Å². The fourth-order valence-corrected chi connectivity index (χ4v) is 0.669. The number of amides is 1. The fraction of sp³-hybridized carbons (Fsp3) is 0.167. The summed E-state index contributed by atoms with van der Waals surface area (Å²) in [5.41, 5.74) is 4.93. The zero-order valence-electron chi connectivity index (χ0n) is 5.94. The van der Waals surface area contributed by atoms with Gasteiger partial charge in [0, 0.05) is 12.4 Å². The Morgan fingerprint density at radius 1 is 1.73 bits per heavy atom. The Labute approximate surface area is 62.5 Å². The van der Waals surface area contributed by atoms with Crippen LogP contribution in [-0.2, 0) is 0 Å². The maximum Gasteiger partial charge on any atom is 0.355 e. The van der Waals surface area contributed by atoms with Crippen molar-refractivity contribution >= 4 is 6.03 Å². The predicted octanol–water partition coefficient (Wildman–Crippen LogP) is -0.521. The van der Waals surface area contributed by atoms with E-state index >= 15 is 0 Å². The lowest BCUT2D eigenvalue weighted by atomic mass is 10.4. The minimum Gasteiger partial charge on any atom is -0.351 e. The predicted molar refractivity (Wildman–Crippen MR) is 38.2 cm³/mol. The third-order valence-corrected chi connectivity index (χ3v) is 1.15. The Kier molecular flexibility index (Phi) is 1.72. The van der Waals surface area contributed by atoms with Gasteiger partial charge in [-0.05, 0) is 12.5 Å². The van der Waals surface area contributed by atoms with Crippen LogP contribution in [0.15, 0.2) is 17.2 Å². The van der Waals surface area contributed by atoms with Crippen molar-refractivity contribution in [2.45, 2.75) is 6.92 Å². The second-order valence-corrected chi connectivity index (χ2v) is 2.12. The van der Waals surface area contributed by atoms with Crippen LogP contribution in [0.25, 0.3) is 0 Å². The number of carbonyl (C=O) groups is 1. The molecule has 0 fully saturated rings. The van der Waals surface area contributed by atoms with E-state index in [4.69, 9.17) is 5.73 Å². The maximum atomic E-state index is 10.8. The molecule has 0 aliphatic heterocycles. The molecule has 1 aromatic rings. The molecule has 0 saturated heterocycles. The molecule has 2 N–H and O–H groups in total. The highest BCUT2D eigenvalue weighted by Gasteiger charge is 2.00. The molecule has 5 nitrogen and oxygen atoms in total. The van der Waals surface area contributed by atoms with Gasteiger partial charge in [-0.25, -0.2) is 19.1 Å². The van der Waals surface area contributed by atoms with Crippen LogP contribution in [0.1, 0.15) is 5.56 Å². The van der Waals surface area contributed by atoms with Crippen LogP contribution >= 0.6 is 0 Å². The summed E-state index contributed by atoms with van der Waals surface area (Å²) in [5.74, 6) is 0. The number of aryl methyl sites for hydroxylation is 1. The van der Waals surface area contributed by atoms with Gasteiger partial charge in [0.05, 0.1) is 0 Å². The van der Waals surface area contributed by atoms with Crippen LogP contribution in [0.3, 0.4) is 0 Å². The third kappa shape index (κ3) is 1.43. The maximum absolute atomic E-state index is 10.8. The Morgan fingerprint density at radius 3 is 2.82 bits per heavy atom. The van der Waals surface area contributed by atoms with Crippen molar-refractivity contribution in [3.63, 3.8) is 0 Å². The van der Waals surface area contributed by atoms with Crippen molar-refractivity contribution in [1.82, 2.24) is 9.55 Å². The van der Waals surface area contributed by atoms with E-state index in [2.05, 4.69) is 4.98 Å². The third-order valence-electron chi connectivity index (χ3n) is 1.15. The summed E-state index contributed by atoms with van der Waals surface area (Å²) < 4.78 is 0.759. The number of rotatable bonds is 0. The monoisotopic (exact) mass is 153 g/mol. The van der Waals surface area contributed by atoms with Gasteiger partial charge in [0.15, 0.2) is 0 Å². The first-order valence-electron chi connectivity index (χ1n) is 2.96. The highest BCUT2D eigenvalue weighted by Crippen LogP contribution is 1.87. The van der Waals surface area contributed by atoms with Gasteiger partial charge in [0.1, 0.15) is 0 Å². The largest absolute Gasteiger partial charge is 0.355 e. The lowest BCUT2D eigenvalue weighted by Gasteiger charge is -1.97. The van der Waals surface area contributed by atoms with Crippen LogP contribution in [0.5, 0.6) is 0 Å². The summed E-state index contributed by atoms with van der Waals surface area (Å²) in [7, 11) is 0. The van der Waals surface area contributed by atoms with E-state index < -0.39 is 11.7 Å². The molecule has 0 saturated carbocycles. The standard InChI is InChI=1S/C6H7N3O2/c1-4-2-8-6(11)9(3-4)5(7)10/h2-3H,1H3,(H2,7,10). The Balaban J connectivity index is 3.35. The minimum absolute atomic E-state index is 0.650. The first kappa shape index (κ1) is 7.46. The second kappa shape index (κ2) is 2.53. The van der Waals surface area contributed by atoms with Gasteiger partial charge in [-0.2, -0.15) is 0 Å². The first-order chi connectivity index (χ1) is 5.11. The van der Waals surface area contributed by atoms with Gasteiger partial charge < -0.3 is 5.73 Å². The van der Waals surface area contributed by atoms with Gasteiger partial charge in [-0.1, -0.05) is 0 Å². The van der Waals surface area contributed by atoms with E-state index in [1.807, 2.05) is 0 Å². The molecule has 0 aliphatic rings. The zero-order valence-corrected chi connectivity index (χ0v) is 5.94. The number of hydrogen-bond donors (Lipinski definition) is 1. The number of aromatic nitrogens is 2. The van der Waals surface area contributed by atoms with E-state index in [-0.39, 0.29) is 0 Å². The minimum atomic E-state index is -0.814. The quantitative estimate of drug-likeness (QED) is 0.544. The molecule has 0 aliphatic carbocycles. The Morgan fingerprint density at radius 2 is 2.36 bits per heavy atom. The Bertz CT molecular complexity index is 342. The van der Waals surface area contributed by atoms with Crippen LogP contribution in [-0.4, -0.2) is 15.6 Å². The molecule has 0 aromatic carbocycles. The molecule has 0 atom stereocenters. The average Bonchev–Trinajstić information content (AvgIpc) is 1.94. The van der Waals surface area contributed by atoms with Gasteiger partial charge in [0.25, 0.3) is 0 Å².